The third-order valence-corrected chi connectivity index (χ3v) is 2.83. The number of hydroxylamine groups is 1. The molecule has 0 atom stereocenters. The number of benzene rings is 1. The molecule has 1 amide bonds. The number of hydrogen-bond acceptors (Lipinski definition) is 3. The molecule has 0 bridgehead atoms. The number of unbranched alkanes of at least 4 members (excludes halogenated alkanes) is 1. The predicted molar refractivity (Wildman–Crippen MR) is 77.7 cm³/mol. The van der Waals surface area contributed by atoms with E-state index in [0.717, 1.165) is 19.3 Å². The van der Waals surface area contributed by atoms with Crippen LogP contribution in [0.3, 0.4) is 0 Å². The van der Waals surface area contributed by atoms with Gasteiger partial charge in [-0.1, -0.05) is 30.3 Å². The molecule has 0 aromatic heterocycles. The van der Waals surface area contributed by atoms with Gasteiger partial charge >= 0.3 is 5.97 Å². The zero-order valence-electron chi connectivity index (χ0n) is 12.4. The van der Waals surface area contributed by atoms with E-state index >= 15 is 0 Å². The molecule has 1 aromatic carbocycles. The van der Waals surface area contributed by atoms with E-state index in [-0.39, 0.29) is 5.91 Å². The lowest BCUT2D eigenvalue weighted by molar-refractivity contribution is -0.166. The Morgan fingerprint density at radius 3 is 2.35 bits per heavy atom. The maximum absolute atomic E-state index is 11.5. The van der Waals surface area contributed by atoms with Gasteiger partial charge in [0.15, 0.2) is 0 Å². The molecule has 20 heavy (non-hydrogen) atoms. The summed E-state index contributed by atoms with van der Waals surface area (Å²) in [7, 11) is 0. The van der Waals surface area contributed by atoms with Crippen molar-refractivity contribution in [3.05, 3.63) is 35.9 Å². The van der Waals surface area contributed by atoms with Gasteiger partial charge in [-0.25, -0.2) is 4.79 Å². The standard InChI is InChI=1S/C16H23NO3/c1-16(2,3)15(19)20-17-14(18)12-8-7-11-13-9-5-4-6-10-13/h4-6,9-10H,7-8,11-12H2,1-3H3,(H,17,18). The van der Waals surface area contributed by atoms with Crippen LogP contribution in [-0.4, -0.2) is 11.9 Å². The fourth-order valence-electron chi connectivity index (χ4n) is 1.57. The first-order valence-corrected chi connectivity index (χ1v) is 6.93. The van der Waals surface area contributed by atoms with Crippen molar-refractivity contribution in [3.8, 4) is 0 Å². The van der Waals surface area contributed by atoms with Gasteiger partial charge in [0.05, 0.1) is 5.41 Å². The first-order chi connectivity index (χ1) is 9.39. The Labute approximate surface area is 120 Å². The maximum atomic E-state index is 11.5. The van der Waals surface area contributed by atoms with E-state index in [1.807, 2.05) is 18.2 Å². The smallest absolute Gasteiger partial charge is 0.337 e. The number of hydrogen-bond donors (Lipinski definition) is 1. The number of amides is 1. The zero-order chi connectivity index (χ0) is 15.0. The van der Waals surface area contributed by atoms with Gasteiger partial charge in [-0.05, 0) is 45.6 Å². The molecule has 0 saturated heterocycles. The van der Waals surface area contributed by atoms with Crippen LogP contribution >= 0.6 is 0 Å². The van der Waals surface area contributed by atoms with Crippen LogP contribution in [0.2, 0.25) is 0 Å². The van der Waals surface area contributed by atoms with Gasteiger partial charge in [0, 0.05) is 6.42 Å². The molecular weight excluding hydrogens is 254 g/mol. The highest BCUT2D eigenvalue weighted by molar-refractivity contribution is 5.79. The molecule has 1 rings (SSSR count). The number of rotatable bonds is 5. The average molecular weight is 277 g/mol. The van der Waals surface area contributed by atoms with Gasteiger partial charge in [0.2, 0.25) is 0 Å². The van der Waals surface area contributed by atoms with Crippen LogP contribution in [0, 0.1) is 5.41 Å². The van der Waals surface area contributed by atoms with Crippen molar-refractivity contribution in [3.63, 3.8) is 0 Å². The van der Waals surface area contributed by atoms with Gasteiger partial charge in [-0.15, -0.1) is 0 Å². The number of carbonyl (C=O) groups excluding carboxylic acids is 2. The van der Waals surface area contributed by atoms with Gasteiger partial charge < -0.3 is 4.84 Å². The lowest BCUT2D eigenvalue weighted by Gasteiger charge is -2.15. The van der Waals surface area contributed by atoms with E-state index in [1.54, 1.807) is 20.8 Å². The maximum Gasteiger partial charge on any atom is 0.337 e. The van der Waals surface area contributed by atoms with Crippen molar-refractivity contribution >= 4 is 11.9 Å². The third-order valence-electron chi connectivity index (χ3n) is 2.83. The Balaban J connectivity index is 2.13. The molecule has 4 nitrogen and oxygen atoms in total. The van der Waals surface area contributed by atoms with E-state index < -0.39 is 11.4 Å². The van der Waals surface area contributed by atoms with E-state index in [0.29, 0.717) is 6.42 Å². The van der Waals surface area contributed by atoms with Crippen molar-refractivity contribution in [1.29, 1.82) is 0 Å². The molecule has 1 aromatic rings. The molecule has 0 aliphatic heterocycles. The van der Waals surface area contributed by atoms with Crippen molar-refractivity contribution in [1.82, 2.24) is 5.48 Å². The fourth-order valence-corrected chi connectivity index (χ4v) is 1.57. The molecule has 0 spiro atoms. The predicted octanol–water partition coefficient (Wildman–Crippen LogP) is 3.02. The van der Waals surface area contributed by atoms with Crippen LogP contribution in [0.5, 0.6) is 0 Å². The minimum absolute atomic E-state index is 0.254. The van der Waals surface area contributed by atoms with Gasteiger partial charge in [0.25, 0.3) is 5.91 Å². The van der Waals surface area contributed by atoms with Gasteiger partial charge in [-0.3, -0.25) is 4.79 Å². The minimum Gasteiger partial charge on any atom is -0.340 e. The SMILES string of the molecule is CC(C)(C)C(=O)ONC(=O)CCCCc1ccccc1. The zero-order valence-corrected chi connectivity index (χ0v) is 12.4. The Kier molecular flexibility index (Phi) is 6.22. The highest BCUT2D eigenvalue weighted by Crippen LogP contribution is 2.14. The van der Waals surface area contributed by atoms with Gasteiger partial charge in [-0.2, -0.15) is 5.48 Å². The molecule has 0 unspecified atom stereocenters. The summed E-state index contributed by atoms with van der Waals surface area (Å²) in [5.74, 6) is -0.689. The summed E-state index contributed by atoms with van der Waals surface area (Å²) in [6.45, 7) is 5.21. The van der Waals surface area contributed by atoms with E-state index in [4.69, 9.17) is 4.84 Å². The van der Waals surface area contributed by atoms with Crippen molar-refractivity contribution < 1.29 is 14.4 Å². The van der Waals surface area contributed by atoms with Crippen molar-refractivity contribution in [2.24, 2.45) is 5.41 Å². The second-order valence-electron chi connectivity index (χ2n) is 5.86. The van der Waals surface area contributed by atoms with Crippen LogP contribution in [0.1, 0.15) is 45.6 Å². The molecule has 0 aliphatic carbocycles. The van der Waals surface area contributed by atoms with E-state index in [1.165, 1.54) is 5.56 Å². The van der Waals surface area contributed by atoms with Gasteiger partial charge in [0.1, 0.15) is 0 Å². The van der Waals surface area contributed by atoms with Crippen LogP contribution in [-0.2, 0) is 20.8 Å². The Bertz CT molecular complexity index is 435. The number of carbonyl (C=O) groups is 2. The summed E-state index contributed by atoms with van der Waals surface area (Å²) in [6, 6.07) is 10.2. The highest BCUT2D eigenvalue weighted by atomic mass is 16.7. The quantitative estimate of drug-likeness (QED) is 0.665. The largest absolute Gasteiger partial charge is 0.340 e. The van der Waals surface area contributed by atoms with Crippen LogP contribution in [0.15, 0.2) is 30.3 Å². The molecular formula is C16H23NO3. The number of aryl methyl sites for hydroxylation is 1. The van der Waals surface area contributed by atoms with Crippen LogP contribution in [0.25, 0.3) is 0 Å². The topological polar surface area (TPSA) is 55.4 Å². The summed E-state index contributed by atoms with van der Waals surface area (Å²) in [5.41, 5.74) is 2.86. The van der Waals surface area contributed by atoms with Crippen molar-refractivity contribution in [2.75, 3.05) is 0 Å². The molecule has 0 radical (unpaired) electrons. The van der Waals surface area contributed by atoms with Crippen molar-refractivity contribution in [2.45, 2.75) is 46.5 Å². The average Bonchev–Trinajstić information content (AvgIpc) is 2.41. The minimum atomic E-state index is -0.611. The lowest BCUT2D eigenvalue weighted by Crippen LogP contribution is -2.33. The summed E-state index contributed by atoms with van der Waals surface area (Å²) in [5, 5.41) is 0. The monoisotopic (exact) mass is 277 g/mol. The summed E-state index contributed by atoms with van der Waals surface area (Å²) >= 11 is 0. The molecule has 4 heteroatoms. The Morgan fingerprint density at radius 1 is 1.10 bits per heavy atom. The molecule has 0 fully saturated rings. The summed E-state index contributed by atoms with van der Waals surface area (Å²) in [6.07, 6.45) is 3.03. The Morgan fingerprint density at radius 2 is 1.75 bits per heavy atom. The second-order valence-corrected chi connectivity index (χ2v) is 5.86. The summed E-state index contributed by atoms with van der Waals surface area (Å²) < 4.78 is 0. The van der Waals surface area contributed by atoms with Crippen LogP contribution < -0.4 is 5.48 Å². The number of nitrogens with one attached hydrogen (secondary N) is 1. The molecule has 110 valence electrons. The molecule has 0 aliphatic rings. The molecule has 0 heterocycles. The first-order valence-electron chi connectivity index (χ1n) is 6.93. The fraction of sp³-hybridized carbons (Fsp3) is 0.500. The van der Waals surface area contributed by atoms with Crippen LogP contribution in [0.4, 0.5) is 0 Å². The Hall–Kier alpha value is -1.84. The highest BCUT2D eigenvalue weighted by Gasteiger charge is 2.24. The lowest BCUT2D eigenvalue weighted by atomic mass is 9.98. The van der Waals surface area contributed by atoms with E-state index in [2.05, 4.69) is 17.6 Å². The summed E-state index contributed by atoms with van der Waals surface area (Å²) in [4.78, 5) is 27.7. The molecule has 1 N–H and O–H groups in total. The molecule has 0 saturated carbocycles. The normalized spacial score (nSPS) is 10.9. The third kappa shape index (κ3) is 6.36. The van der Waals surface area contributed by atoms with E-state index in [9.17, 15) is 9.59 Å². The second kappa shape index (κ2) is 7.68. The first kappa shape index (κ1) is 16.2.